The number of hydrogen-bond acceptors (Lipinski definition) is 6. The quantitative estimate of drug-likeness (QED) is 0.445. The van der Waals surface area contributed by atoms with E-state index >= 15 is 4.39 Å². The molecule has 0 bridgehead atoms. The molecule has 1 heterocycles. The van der Waals surface area contributed by atoms with Gasteiger partial charge in [0.2, 0.25) is 0 Å². The molecule has 7 nitrogen and oxygen atoms in total. The number of fused-ring (bicyclic) bond motifs is 1. The number of benzene rings is 2. The van der Waals surface area contributed by atoms with Crippen molar-refractivity contribution in [1.29, 1.82) is 0 Å². The predicted molar refractivity (Wildman–Crippen MR) is 131 cm³/mol. The van der Waals surface area contributed by atoms with E-state index in [0.29, 0.717) is 22.4 Å². The fourth-order valence-electron chi connectivity index (χ4n) is 3.96. The van der Waals surface area contributed by atoms with Gasteiger partial charge in [0.25, 0.3) is 0 Å². The first-order chi connectivity index (χ1) is 15.9. The molecule has 0 aliphatic heterocycles. The molecule has 0 unspecified atom stereocenters. The first-order valence-electron chi connectivity index (χ1n) is 11.0. The standard InChI is InChI=1S/C26H33FN2O5/c1-14(2)34-20-10-15(9-17(23(20)32-7)26(3,4)5)18(30)13-29-12-16-11-19(31-6)24(33-8)22(27)21(16)25(29)28/h9-12,14H,13,28H2,1-8H3. The van der Waals surface area contributed by atoms with Crippen LogP contribution in [0.15, 0.2) is 24.4 Å². The van der Waals surface area contributed by atoms with Crippen molar-refractivity contribution in [3.05, 3.63) is 41.3 Å². The summed E-state index contributed by atoms with van der Waals surface area (Å²) >= 11 is 0. The lowest BCUT2D eigenvalue weighted by atomic mass is 9.84. The summed E-state index contributed by atoms with van der Waals surface area (Å²) in [6, 6.07) is 5.14. The van der Waals surface area contributed by atoms with E-state index in [-0.39, 0.29) is 46.6 Å². The smallest absolute Gasteiger partial charge is 0.197 e. The molecule has 0 fully saturated rings. The van der Waals surface area contributed by atoms with E-state index in [0.717, 1.165) is 5.56 Å². The second-order valence-corrected chi connectivity index (χ2v) is 9.43. The van der Waals surface area contributed by atoms with Crippen LogP contribution >= 0.6 is 0 Å². The average molecular weight is 473 g/mol. The number of ether oxygens (including phenoxy) is 4. The second-order valence-electron chi connectivity index (χ2n) is 9.43. The Hall–Kier alpha value is -3.42. The Morgan fingerprint density at radius 3 is 2.21 bits per heavy atom. The number of carbonyl (C=O) groups excluding carboxylic acids is 1. The fraction of sp³-hybridized carbons (Fsp3) is 0.423. The van der Waals surface area contributed by atoms with E-state index in [4.69, 9.17) is 24.7 Å². The number of halogens is 1. The van der Waals surface area contributed by atoms with Crippen LogP contribution in [0.3, 0.4) is 0 Å². The van der Waals surface area contributed by atoms with Gasteiger partial charge in [-0.2, -0.15) is 0 Å². The highest BCUT2D eigenvalue weighted by atomic mass is 19.1. The Morgan fingerprint density at radius 2 is 1.68 bits per heavy atom. The van der Waals surface area contributed by atoms with Crippen LogP contribution in [0.2, 0.25) is 0 Å². The number of nitrogen functional groups attached to an aromatic ring is 1. The van der Waals surface area contributed by atoms with Crippen molar-refractivity contribution in [2.24, 2.45) is 0 Å². The molecule has 0 aliphatic rings. The van der Waals surface area contributed by atoms with Crippen LogP contribution in [-0.2, 0) is 12.0 Å². The van der Waals surface area contributed by atoms with Gasteiger partial charge in [-0.15, -0.1) is 0 Å². The third kappa shape index (κ3) is 4.62. The maximum atomic E-state index is 15.1. The Kier molecular flexibility index (Phi) is 7.00. The number of carbonyl (C=O) groups is 1. The van der Waals surface area contributed by atoms with Crippen molar-refractivity contribution in [3.63, 3.8) is 0 Å². The van der Waals surface area contributed by atoms with Gasteiger partial charge in [-0.05, 0) is 37.5 Å². The zero-order chi connectivity index (χ0) is 25.4. The van der Waals surface area contributed by atoms with Crippen molar-refractivity contribution < 1.29 is 28.1 Å². The molecule has 0 amide bonds. The van der Waals surface area contributed by atoms with Crippen LogP contribution in [0.5, 0.6) is 23.0 Å². The minimum absolute atomic E-state index is 0.0359. The average Bonchev–Trinajstić information content (AvgIpc) is 3.07. The topological polar surface area (TPSA) is 84.9 Å². The minimum Gasteiger partial charge on any atom is -0.493 e. The van der Waals surface area contributed by atoms with Crippen LogP contribution < -0.4 is 24.7 Å². The molecule has 0 aliphatic carbocycles. The van der Waals surface area contributed by atoms with Crippen molar-refractivity contribution >= 4 is 22.4 Å². The number of nitrogens with two attached hydrogens (primary N) is 1. The molecule has 3 aromatic rings. The lowest BCUT2D eigenvalue weighted by molar-refractivity contribution is 0.0972. The van der Waals surface area contributed by atoms with Gasteiger partial charge in [0.05, 0.1) is 39.4 Å². The van der Waals surface area contributed by atoms with Crippen molar-refractivity contribution in [1.82, 2.24) is 4.57 Å². The van der Waals surface area contributed by atoms with Crippen molar-refractivity contribution in [3.8, 4) is 23.0 Å². The summed E-state index contributed by atoms with van der Waals surface area (Å²) in [5.41, 5.74) is 7.26. The van der Waals surface area contributed by atoms with Gasteiger partial charge in [-0.3, -0.25) is 4.79 Å². The first kappa shape index (κ1) is 25.2. The summed E-state index contributed by atoms with van der Waals surface area (Å²) < 4.78 is 38.6. The molecule has 0 saturated carbocycles. The third-order valence-electron chi connectivity index (χ3n) is 5.57. The number of Topliss-reactive ketones (excluding diaryl/α,β-unsaturated/α-hetero) is 1. The molecule has 3 rings (SSSR count). The number of hydrogen-bond donors (Lipinski definition) is 1. The molecule has 8 heteroatoms. The minimum atomic E-state index is -0.632. The molecule has 2 N–H and O–H groups in total. The van der Waals surface area contributed by atoms with Crippen LogP contribution in [0, 0.1) is 5.82 Å². The second kappa shape index (κ2) is 9.44. The number of anilines is 1. The summed E-state index contributed by atoms with van der Waals surface area (Å²) in [7, 11) is 4.37. The van der Waals surface area contributed by atoms with E-state index in [1.807, 2.05) is 40.7 Å². The van der Waals surface area contributed by atoms with Gasteiger partial charge in [0.15, 0.2) is 34.6 Å². The molecule has 0 atom stereocenters. The Morgan fingerprint density at radius 1 is 1.03 bits per heavy atom. The van der Waals surface area contributed by atoms with E-state index in [1.54, 1.807) is 25.4 Å². The number of methoxy groups -OCH3 is 3. The van der Waals surface area contributed by atoms with E-state index < -0.39 is 5.82 Å². The van der Waals surface area contributed by atoms with Crippen LogP contribution in [0.1, 0.15) is 50.5 Å². The van der Waals surface area contributed by atoms with Crippen LogP contribution in [-0.4, -0.2) is 37.8 Å². The highest BCUT2D eigenvalue weighted by Gasteiger charge is 2.26. The fourth-order valence-corrected chi connectivity index (χ4v) is 3.96. The number of nitrogens with zero attached hydrogens (tertiary/aromatic N) is 1. The monoisotopic (exact) mass is 472 g/mol. The molecule has 0 spiro atoms. The number of rotatable bonds is 8. The Bertz CT molecular complexity index is 1220. The van der Waals surface area contributed by atoms with Crippen molar-refractivity contribution in [2.75, 3.05) is 27.1 Å². The highest BCUT2D eigenvalue weighted by Crippen LogP contribution is 2.41. The van der Waals surface area contributed by atoms with Crippen LogP contribution in [0.25, 0.3) is 10.8 Å². The summed E-state index contributed by atoms with van der Waals surface area (Å²) in [5.74, 6) is 0.609. The normalized spacial score (nSPS) is 11.7. The summed E-state index contributed by atoms with van der Waals surface area (Å²) in [6.45, 7) is 9.86. The lowest BCUT2D eigenvalue weighted by Gasteiger charge is -2.25. The Labute approximate surface area is 199 Å². The zero-order valence-electron chi connectivity index (χ0n) is 21.0. The molecule has 184 valence electrons. The molecule has 1 aromatic heterocycles. The summed E-state index contributed by atoms with van der Waals surface area (Å²) in [5, 5.41) is 0.689. The van der Waals surface area contributed by atoms with Gasteiger partial charge in [-0.25, -0.2) is 4.39 Å². The molecule has 2 aromatic carbocycles. The summed E-state index contributed by atoms with van der Waals surface area (Å²) in [4.78, 5) is 13.4. The van der Waals surface area contributed by atoms with Gasteiger partial charge in [0.1, 0.15) is 5.82 Å². The SMILES string of the molecule is COc1cc2cn(CC(=O)c3cc(OC(C)C)c(OC)c(C(C)(C)C)c3)c(N)c2c(F)c1OC. The predicted octanol–water partition coefficient (Wildman–Crippen LogP) is 5.36. The maximum Gasteiger partial charge on any atom is 0.197 e. The van der Waals surface area contributed by atoms with Gasteiger partial charge in [0, 0.05) is 22.7 Å². The molecular weight excluding hydrogens is 439 g/mol. The molecule has 0 saturated heterocycles. The van der Waals surface area contributed by atoms with Gasteiger partial charge >= 0.3 is 0 Å². The number of aromatic nitrogens is 1. The molecular formula is C26H33FN2O5. The van der Waals surface area contributed by atoms with E-state index in [9.17, 15) is 4.79 Å². The van der Waals surface area contributed by atoms with Crippen LogP contribution in [0.4, 0.5) is 10.2 Å². The number of ketones is 1. The van der Waals surface area contributed by atoms with Gasteiger partial charge in [-0.1, -0.05) is 20.8 Å². The largest absolute Gasteiger partial charge is 0.493 e. The highest BCUT2D eigenvalue weighted by molar-refractivity contribution is 6.00. The van der Waals surface area contributed by atoms with E-state index in [1.165, 1.54) is 18.8 Å². The van der Waals surface area contributed by atoms with Gasteiger partial charge < -0.3 is 29.2 Å². The molecule has 34 heavy (non-hydrogen) atoms. The Balaban J connectivity index is 2.09. The third-order valence-corrected chi connectivity index (χ3v) is 5.57. The molecule has 0 radical (unpaired) electrons. The first-order valence-corrected chi connectivity index (χ1v) is 11.0. The van der Waals surface area contributed by atoms with E-state index in [2.05, 4.69) is 0 Å². The lowest BCUT2D eigenvalue weighted by Crippen LogP contribution is -2.18. The summed E-state index contributed by atoms with van der Waals surface area (Å²) in [6.07, 6.45) is 1.53. The maximum absolute atomic E-state index is 15.1. The zero-order valence-corrected chi connectivity index (χ0v) is 21.0. The van der Waals surface area contributed by atoms with Crippen molar-refractivity contribution in [2.45, 2.75) is 52.7 Å².